The van der Waals surface area contributed by atoms with E-state index in [4.69, 9.17) is 4.74 Å². The lowest BCUT2D eigenvalue weighted by molar-refractivity contribution is -0.112. The topological polar surface area (TPSA) is 46.5 Å². The number of aliphatic hydroxyl groups excluding tert-OH is 1. The standard InChI is InChI=1S/C8H14O3/c1-6-2-3-8(11-6)7(10)4-5-9/h5-8,10H,2-4H2,1H3. The summed E-state index contributed by atoms with van der Waals surface area (Å²) in [6.45, 7) is 1.98. The first-order valence-corrected chi connectivity index (χ1v) is 4.01. The van der Waals surface area contributed by atoms with Gasteiger partial charge in [-0.2, -0.15) is 0 Å². The average molecular weight is 158 g/mol. The minimum absolute atomic E-state index is 0.116. The Morgan fingerprint density at radius 3 is 2.91 bits per heavy atom. The Morgan fingerprint density at radius 2 is 2.45 bits per heavy atom. The molecule has 1 fully saturated rings. The Labute approximate surface area is 66.4 Å². The first kappa shape index (κ1) is 8.68. The van der Waals surface area contributed by atoms with Crippen molar-refractivity contribution in [3.05, 3.63) is 0 Å². The maximum atomic E-state index is 10.0. The van der Waals surface area contributed by atoms with Crippen LogP contribution in [0.5, 0.6) is 0 Å². The number of carbonyl (C=O) groups excluding carboxylic acids is 1. The quantitative estimate of drug-likeness (QED) is 0.608. The molecule has 1 saturated heterocycles. The minimum Gasteiger partial charge on any atom is -0.390 e. The van der Waals surface area contributed by atoms with E-state index in [1.54, 1.807) is 0 Å². The van der Waals surface area contributed by atoms with Gasteiger partial charge < -0.3 is 14.6 Å². The third kappa shape index (κ3) is 2.27. The van der Waals surface area contributed by atoms with Crippen LogP contribution >= 0.6 is 0 Å². The summed E-state index contributed by atoms with van der Waals surface area (Å²) < 4.78 is 5.37. The molecule has 0 spiro atoms. The van der Waals surface area contributed by atoms with Crippen LogP contribution in [0.2, 0.25) is 0 Å². The lowest BCUT2D eigenvalue weighted by atomic mass is 10.1. The van der Waals surface area contributed by atoms with Gasteiger partial charge in [-0.05, 0) is 19.8 Å². The summed E-state index contributed by atoms with van der Waals surface area (Å²) >= 11 is 0. The van der Waals surface area contributed by atoms with Gasteiger partial charge in [0.15, 0.2) is 0 Å². The van der Waals surface area contributed by atoms with Crippen LogP contribution in [-0.2, 0) is 9.53 Å². The number of aliphatic hydroxyl groups is 1. The number of hydrogen-bond donors (Lipinski definition) is 1. The fourth-order valence-electron chi connectivity index (χ4n) is 1.37. The number of aldehydes is 1. The van der Waals surface area contributed by atoms with Gasteiger partial charge in [-0.3, -0.25) is 0 Å². The molecule has 0 radical (unpaired) electrons. The molecule has 3 heteroatoms. The van der Waals surface area contributed by atoms with Crippen LogP contribution in [0.25, 0.3) is 0 Å². The van der Waals surface area contributed by atoms with Crippen LogP contribution in [0.1, 0.15) is 26.2 Å². The van der Waals surface area contributed by atoms with Crippen LogP contribution in [0.15, 0.2) is 0 Å². The van der Waals surface area contributed by atoms with Crippen LogP contribution < -0.4 is 0 Å². The molecule has 3 unspecified atom stereocenters. The molecule has 1 rings (SSSR count). The smallest absolute Gasteiger partial charge is 0.122 e. The van der Waals surface area contributed by atoms with Crippen LogP contribution in [0.4, 0.5) is 0 Å². The Balaban J connectivity index is 2.30. The number of rotatable bonds is 3. The molecule has 0 aliphatic carbocycles. The largest absolute Gasteiger partial charge is 0.390 e. The van der Waals surface area contributed by atoms with E-state index in [2.05, 4.69) is 0 Å². The number of ether oxygens (including phenoxy) is 1. The summed E-state index contributed by atoms with van der Waals surface area (Å²) in [6, 6.07) is 0. The van der Waals surface area contributed by atoms with Crippen LogP contribution in [0.3, 0.4) is 0 Å². The summed E-state index contributed by atoms with van der Waals surface area (Å²) in [5.74, 6) is 0. The van der Waals surface area contributed by atoms with E-state index in [1.165, 1.54) is 0 Å². The first-order chi connectivity index (χ1) is 5.24. The Kier molecular flexibility index (Phi) is 3.02. The molecule has 0 aromatic rings. The second-order valence-corrected chi connectivity index (χ2v) is 3.03. The molecule has 1 heterocycles. The molecule has 0 aromatic carbocycles. The Hall–Kier alpha value is -0.410. The van der Waals surface area contributed by atoms with E-state index in [9.17, 15) is 9.90 Å². The predicted octanol–water partition coefficient (Wildman–Crippen LogP) is 0.504. The molecule has 3 nitrogen and oxygen atoms in total. The minimum atomic E-state index is -0.600. The van der Waals surface area contributed by atoms with Crippen molar-refractivity contribution in [1.82, 2.24) is 0 Å². The molecule has 1 aliphatic heterocycles. The maximum absolute atomic E-state index is 10.0. The Morgan fingerprint density at radius 1 is 1.73 bits per heavy atom. The summed E-state index contributed by atoms with van der Waals surface area (Å²) in [5.41, 5.74) is 0. The van der Waals surface area contributed by atoms with Gasteiger partial charge in [0.2, 0.25) is 0 Å². The van der Waals surface area contributed by atoms with E-state index in [-0.39, 0.29) is 18.6 Å². The molecule has 0 saturated carbocycles. The van der Waals surface area contributed by atoms with Gasteiger partial charge >= 0.3 is 0 Å². The van der Waals surface area contributed by atoms with E-state index in [0.29, 0.717) is 0 Å². The highest BCUT2D eigenvalue weighted by Crippen LogP contribution is 2.22. The molecule has 1 aliphatic rings. The summed E-state index contributed by atoms with van der Waals surface area (Å²) in [7, 11) is 0. The number of carbonyl (C=O) groups is 1. The van der Waals surface area contributed by atoms with Crippen molar-refractivity contribution in [2.75, 3.05) is 0 Å². The SMILES string of the molecule is CC1CCC(C(O)CC=O)O1. The fraction of sp³-hybridized carbons (Fsp3) is 0.875. The molecule has 11 heavy (non-hydrogen) atoms. The highest BCUT2D eigenvalue weighted by atomic mass is 16.5. The van der Waals surface area contributed by atoms with E-state index in [1.807, 2.05) is 6.92 Å². The molecule has 3 atom stereocenters. The van der Waals surface area contributed by atoms with Crippen molar-refractivity contribution in [2.45, 2.75) is 44.5 Å². The normalized spacial score (nSPS) is 33.6. The van der Waals surface area contributed by atoms with Gasteiger partial charge in [-0.15, -0.1) is 0 Å². The van der Waals surface area contributed by atoms with Gasteiger partial charge in [-0.25, -0.2) is 0 Å². The molecule has 0 aromatic heterocycles. The zero-order valence-electron chi connectivity index (χ0n) is 6.69. The van der Waals surface area contributed by atoms with Crippen molar-refractivity contribution in [2.24, 2.45) is 0 Å². The second-order valence-electron chi connectivity index (χ2n) is 3.03. The predicted molar refractivity (Wildman–Crippen MR) is 40.3 cm³/mol. The monoisotopic (exact) mass is 158 g/mol. The summed E-state index contributed by atoms with van der Waals surface area (Å²) in [4.78, 5) is 10.0. The molecule has 0 bridgehead atoms. The molecule has 0 amide bonds. The van der Waals surface area contributed by atoms with E-state index in [0.717, 1.165) is 19.1 Å². The van der Waals surface area contributed by atoms with E-state index < -0.39 is 6.10 Å². The summed E-state index contributed by atoms with van der Waals surface area (Å²) in [5, 5.41) is 9.31. The summed E-state index contributed by atoms with van der Waals surface area (Å²) in [6.07, 6.45) is 2.31. The van der Waals surface area contributed by atoms with Crippen molar-refractivity contribution in [3.8, 4) is 0 Å². The fourth-order valence-corrected chi connectivity index (χ4v) is 1.37. The maximum Gasteiger partial charge on any atom is 0.122 e. The molecule has 1 N–H and O–H groups in total. The van der Waals surface area contributed by atoms with E-state index >= 15 is 0 Å². The average Bonchev–Trinajstić information content (AvgIpc) is 2.36. The van der Waals surface area contributed by atoms with Gasteiger partial charge in [0.25, 0.3) is 0 Å². The van der Waals surface area contributed by atoms with Gasteiger partial charge in [0, 0.05) is 6.42 Å². The van der Waals surface area contributed by atoms with Crippen LogP contribution in [-0.4, -0.2) is 29.7 Å². The highest BCUT2D eigenvalue weighted by Gasteiger charge is 2.27. The second kappa shape index (κ2) is 3.83. The Bertz CT molecular complexity index is 135. The third-order valence-corrected chi connectivity index (χ3v) is 2.03. The van der Waals surface area contributed by atoms with Crippen molar-refractivity contribution >= 4 is 6.29 Å². The lowest BCUT2D eigenvalue weighted by Gasteiger charge is -2.15. The van der Waals surface area contributed by atoms with Gasteiger partial charge in [0.05, 0.1) is 18.3 Å². The number of hydrogen-bond acceptors (Lipinski definition) is 3. The zero-order valence-corrected chi connectivity index (χ0v) is 6.69. The molecular formula is C8H14O3. The van der Waals surface area contributed by atoms with Crippen molar-refractivity contribution in [3.63, 3.8) is 0 Å². The molecular weight excluding hydrogens is 144 g/mol. The van der Waals surface area contributed by atoms with Crippen molar-refractivity contribution in [1.29, 1.82) is 0 Å². The highest BCUT2D eigenvalue weighted by molar-refractivity contribution is 5.50. The lowest BCUT2D eigenvalue weighted by Crippen LogP contribution is -2.26. The molecule has 64 valence electrons. The van der Waals surface area contributed by atoms with Gasteiger partial charge in [-0.1, -0.05) is 0 Å². The van der Waals surface area contributed by atoms with Gasteiger partial charge in [0.1, 0.15) is 6.29 Å². The van der Waals surface area contributed by atoms with Crippen molar-refractivity contribution < 1.29 is 14.6 Å². The first-order valence-electron chi connectivity index (χ1n) is 4.01. The van der Waals surface area contributed by atoms with Crippen LogP contribution in [0, 0.1) is 0 Å². The zero-order chi connectivity index (χ0) is 8.27. The third-order valence-electron chi connectivity index (χ3n) is 2.03.